The fraction of sp³-hybridized carbons (Fsp3) is 0.500. The maximum Gasteiger partial charge on any atom is 0.245 e. The molecule has 0 radical (unpaired) electrons. The summed E-state index contributed by atoms with van der Waals surface area (Å²) >= 11 is 0. The van der Waals surface area contributed by atoms with Crippen molar-refractivity contribution in [3.8, 4) is 0 Å². The predicted octanol–water partition coefficient (Wildman–Crippen LogP) is 0.231. The van der Waals surface area contributed by atoms with Gasteiger partial charge in [0.2, 0.25) is 5.91 Å². The van der Waals surface area contributed by atoms with Crippen molar-refractivity contribution in [2.45, 2.75) is 13.8 Å². The van der Waals surface area contributed by atoms with E-state index < -0.39 is 0 Å². The molecule has 0 fully saturated rings. The van der Waals surface area contributed by atoms with Gasteiger partial charge in [0.1, 0.15) is 0 Å². The zero-order valence-corrected chi connectivity index (χ0v) is 6.14. The maximum atomic E-state index is 10.1. The highest BCUT2D eigenvalue weighted by atomic mass is 16.1. The van der Waals surface area contributed by atoms with Gasteiger partial charge in [-0.25, -0.2) is 0 Å². The average Bonchev–Trinajstić information content (AvgIpc) is 1.93. The molecular weight excluding hydrogens is 116 g/mol. The van der Waals surface area contributed by atoms with Crippen molar-refractivity contribution in [3.05, 3.63) is 12.3 Å². The van der Waals surface area contributed by atoms with Crippen molar-refractivity contribution in [2.75, 3.05) is 7.05 Å². The van der Waals surface area contributed by atoms with Gasteiger partial charge in [-0.05, 0) is 6.20 Å². The monoisotopic (exact) mass is 130 g/mol. The second kappa shape index (κ2) is 10.1. The number of nitrogens with two attached hydrogens (primary N) is 1. The van der Waals surface area contributed by atoms with E-state index in [-0.39, 0.29) is 5.91 Å². The molecule has 54 valence electrons. The van der Waals surface area contributed by atoms with E-state index in [9.17, 15) is 4.79 Å². The Hall–Kier alpha value is -0.990. The molecule has 3 nitrogen and oxygen atoms in total. The van der Waals surface area contributed by atoms with Gasteiger partial charge in [-0.3, -0.25) is 4.79 Å². The Morgan fingerprint density at radius 2 is 2.00 bits per heavy atom. The van der Waals surface area contributed by atoms with Crippen molar-refractivity contribution in [1.29, 1.82) is 0 Å². The van der Waals surface area contributed by atoms with Gasteiger partial charge in [0.05, 0.1) is 0 Å². The van der Waals surface area contributed by atoms with Crippen LogP contribution in [0.1, 0.15) is 13.8 Å². The molecule has 3 N–H and O–H groups in total. The normalized spacial score (nSPS) is 7.89. The van der Waals surface area contributed by atoms with Gasteiger partial charge in [0.15, 0.2) is 0 Å². The summed E-state index contributed by atoms with van der Waals surface area (Å²) in [4.78, 5) is 10.1. The Morgan fingerprint density at radius 1 is 1.56 bits per heavy atom. The Balaban J connectivity index is 0. The van der Waals surface area contributed by atoms with E-state index in [0.717, 1.165) is 0 Å². The van der Waals surface area contributed by atoms with Crippen LogP contribution in [0, 0.1) is 0 Å². The summed E-state index contributed by atoms with van der Waals surface area (Å²) in [5.74, 6) is -0.178. The molecule has 9 heavy (non-hydrogen) atoms. The first-order valence-corrected chi connectivity index (χ1v) is 2.91. The molecule has 0 spiro atoms. The first kappa shape index (κ1) is 10.9. The molecule has 0 saturated carbocycles. The highest BCUT2D eigenvalue weighted by Crippen LogP contribution is 1.60. The molecule has 0 heterocycles. The second-order valence-corrected chi connectivity index (χ2v) is 0.973. The highest BCUT2D eigenvalue weighted by Gasteiger charge is 1.81. The van der Waals surface area contributed by atoms with E-state index in [1.165, 1.54) is 12.3 Å². The molecule has 0 aromatic carbocycles. The molecule has 0 bridgehead atoms. The van der Waals surface area contributed by atoms with Crippen LogP contribution in [0.5, 0.6) is 0 Å². The summed E-state index contributed by atoms with van der Waals surface area (Å²) in [5, 5.41) is 2.36. The third kappa shape index (κ3) is 10.9. The van der Waals surface area contributed by atoms with Crippen LogP contribution in [0.4, 0.5) is 0 Å². The molecule has 0 rings (SSSR count). The molecule has 0 unspecified atom stereocenters. The van der Waals surface area contributed by atoms with E-state index >= 15 is 0 Å². The molecule has 1 amide bonds. The summed E-state index contributed by atoms with van der Waals surface area (Å²) < 4.78 is 0. The third-order valence-corrected chi connectivity index (χ3v) is 0.494. The minimum atomic E-state index is -0.178. The van der Waals surface area contributed by atoms with Crippen LogP contribution in [0.25, 0.3) is 0 Å². The molecule has 0 atom stereocenters. The number of nitrogens with one attached hydrogen (secondary N) is 1. The molecule has 0 aliphatic heterocycles. The lowest BCUT2D eigenvalue weighted by molar-refractivity contribution is -0.116. The highest BCUT2D eigenvalue weighted by molar-refractivity contribution is 5.86. The van der Waals surface area contributed by atoms with Gasteiger partial charge < -0.3 is 11.1 Å². The van der Waals surface area contributed by atoms with Gasteiger partial charge >= 0.3 is 0 Å². The number of carbonyl (C=O) groups excluding carboxylic acids is 1. The quantitative estimate of drug-likeness (QED) is 0.499. The predicted molar refractivity (Wildman–Crippen MR) is 38.7 cm³/mol. The lowest BCUT2D eigenvalue weighted by Gasteiger charge is -1.84. The second-order valence-electron chi connectivity index (χ2n) is 0.973. The number of likely N-dealkylation sites (N-methyl/N-ethyl adjacent to an activating group) is 1. The van der Waals surface area contributed by atoms with Crippen LogP contribution in [-0.4, -0.2) is 13.0 Å². The number of carbonyl (C=O) groups is 1. The van der Waals surface area contributed by atoms with Gasteiger partial charge in [-0.1, -0.05) is 13.8 Å². The Morgan fingerprint density at radius 3 is 2.11 bits per heavy atom. The summed E-state index contributed by atoms with van der Waals surface area (Å²) in [7, 11) is 1.54. The average molecular weight is 130 g/mol. The van der Waals surface area contributed by atoms with E-state index in [4.69, 9.17) is 5.73 Å². The van der Waals surface area contributed by atoms with Crippen LogP contribution in [0.3, 0.4) is 0 Å². The fourth-order valence-corrected chi connectivity index (χ4v) is 0.171. The minimum Gasteiger partial charge on any atom is -0.404 e. The molecular formula is C6H14N2O. The Labute approximate surface area is 55.9 Å². The van der Waals surface area contributed by atoms with Crippen molar-refractivity contribution >= 4 is 5.91 Å². The number of hydrogen-bond donors (Lipinski definition) is 2. The SMILES string of the molecule is CC.CNC(=O)/C=C\N. The fourth-order valence-electron chi connectivity index (χ4n) is 0.171. The summed E-state index contributed by atoms with van der Waals surface area (Å²) in [5.41, 5.74) is 4.86. The lowest BCUT2D eigenvalue weighted by Crippen LogP contribution is -2.14. The topological polar surface area (TPSA) is 55.1 Å². The molecule has 0 aromatic heterocycles. The maximum absolute atomic E-state index is 10.1. The van der Waals surface area contributed by atoms with Crippen molar-refractivity contribution < 1.29 is 4.79 Å². The third-order valence-electron chi connectivity index (χ3n) is 0.494. The van der Waals surface area contributed by atoms with Crippen LogP contribution >= 0.6 is 0 Å². The van der Waals surface area contributed by atoms with Crippen LogP contribution < -0.4 is 11.1 Å². The van der Waals surface area contributed by atoms with Gasteiger partial charge in [0.25, 0.3) is 0 Å². The lowest BCUT2D eigenvalue weighted by atomic mass is 10.6. The largest absolute Gasteiger partial charge is 0.404 e. The number of hydrogen-bond acceptors (Lipinski definition) is 2. The minimum absolute atomic E-state index is 0.178. The van der Waals surface area contributed by atoms with E-state index in [1.54, 1.807) is 7.05 Å². The number of rotatable bonds is 1. The van der Waals surface area contributed by atoms with E-state index in [0.29, 0.717) is 0 Å². The zero-order chi connectivity index (χ0) is 7.70. The first-order chi connectivity index (χ1) is 4.31. The molecule has 0 aliphatic rings. The van der Waals surface area contributed by atoms with Crippen molar-refractivity contribution in [3.63, 3.8) is 0 Å². The standard InChI is InChI=1S/C4H8N2O.C2H6/c1-6-4(7)2-3-5;1-2/h2-3H,5H2,1H3,(H,6,7);1-2H3/b3-2-;. The molecule has 0 aliphatic carbocycles. The summed E-state index contributed by atoms with van der Waals surface area (Å²) in [6.45, 7) is 4.00. The van der Waals surface area contributed by atoms with Gasteiger partial charge in [-0.2, -0.15) is 0 Å². The van der Waals surface area contributed by atoms with Crippen molar-refractivity contribution in [2.24, 2.45) is 5.73 Å². The molecule has 3 heteroatoms. The van der Waals surface area contributed by atoms with Crippen LogP contribution in [-0.2, 0) is 4.79 Å². The first-order valence-electron chi connectivity index (χ1n) is 2.91. The summed E-state index contributed by atoms with van der Waals surface area (Å²) in [6, 6.07) is 0. The van der Waals surface area contributed by atoms with Gasteiger partial charge in [-0.15, -0.1) is 0 Å². The van der Waals surface area contributed by atoms with Crippen LogP contribution in [0.2, 0.25) is 0 Å². The van der Waals surface area contributed by atoms with Crippen molar-refractivity contribution in [1.82, 2.24) is 5.32 Å². The van der Waals surface area contributed by atoms with Gasteiger partial charge in [0, 0.05) is 13.1 Å². The zero-order valence-electron chi connectivity index (χ0n) is 6.14. The number of amides is 1. The smallest absolute Gasteiger partial charge is 0.245 e. The van der Waals surface area contributed by atoms with E-state index in [1.807, 2.05) is 13.8 Å². The Kier molecular flexibility index (Phi) is 12.2. The molecule has 0 aromatic rings. The Bertz CT molecular complexity index is 89.1. The van der Waals surface area contributed by atoms with E-state index in [2.05, 4.69) is 5.32 Å². The summed E-state index contributed by atoms with van der Waals surface area (Å²) in [6.07, 6.45) is 2.44. The van der Waals surface area contributed by atoms with Crippen LogP contribution in [0.15, 0.2) is 12.3 Å². The molecule has 0 saturated heterocycles.